The first kappa shape index (κ1) is 14.4. The largest absolute Gasteiger partial charge is 0.476 e. The first-order chi connectivity index (χ1) is 10.1. The van der Waals surface area contributed by atoms with Gasteiger partial charge in [0.15, 0.2) is 5.69 Å². The van der Waals surface area contributed by atoms with Gasteiger partial charge in [-0.05, 0) is 5.56 Å². The average Bonchev–Trinajstić information content (AvgIpc) is 2.46. The van der Waals surface area contributed by atoms with E-state index in [-0.39, 0.29) is 12.3 Å². The van der Waals surface area contributed by atoms with Gasteiger partial charge in [-0.15, -0.1) is 0 Å². The first-order valence-electron chi connectivity index (χ1n) is 5.93. The number of hydrogen-bond acceptors (Lipinski definition) is 4. The van der Waals surface area contributed by atoms with Crippen molar-refractivity contribution in [2.75, 3.05) is 5.32 Å². The molecule has 0 atom stereocenters. The summed E-state index contributed by atoms with van der Waals surface area (Å²) in [4.78, 5) is 25.9. The molecular weight excluding hydrogens is 279 g/mol. The maximum absolute atomic E-state index is 13.1. The predicted octanol–water partition coefficient (Wildman–Crippen LogP) is 2.67. The van der Waals surface area contributed by atoms with Gasteiger partial charge in [0.2, 0.25) is 0 Å². The van der Waals surface area contributed by atoms with E-state index in [1.165, 1.54) is 0 Å². The summed E-state index contributed by atoms with van der Waals surface area (Å²) < 4.78 is 18.0. The number of carbonyl (C=O) groups excluding carboxylic acids is 1. The Bertz CT molecular complexity index is 661. The van der Waals surface area contributed by atoms with Crippen LogP contribution < -0.4 is 5.32 Å². The quantitative estimate of drug-likeness (QED) is 0.903. The molecule has 2 aromatic rings. The Hall–Kier alpha value is -2.96. The summed E-state index contributed by atoms with van der Waals surface area (Å²) in [5.41, 5.74) is 0.0390. The molecule has 0 spiro atoms. The van der Waals surface area contributed by atoms with Crippen molar-refractivity contribution in [3.8, 4) is 0 Å². The van der Waals surface area contributed by atoms with Crippen LogP contribution in [0.2, 0.25) is 0 Å². The lowest BCUT2D eigenvalue weighted by Gasteiger charge is -2.08. The fraction of sp³-hybridized carbons (Fsp3) is 0.0714. The van der Waals surface area contributed by atoms with Crippen LogP contribution in [-0.4, -0.2) is 22.2 Å². The number of amides is 1. The van der Waals surface area contributed by atoms with Gasteiger partial charge >= 0.3 is 12.1 Å². The molecule has 21 heavy (non-hydrogen) atoms. The maximum Gasteiger partial charge on any atom is 0.412 e. The average molecular weight is 290 g/mol. The molecule has 7 heteroatoms. The highest BCUT2D eigenvalue weighted by atomic mass is 19.1. The van der Waals surface area contributed by atoms with Gasteiger partial charge in [0.1, 0.15) is 12.4 Å². The molecule has 1 aromatic heterocycles. The molecule has 0 bridgehead atoms. The Labute approximate surface area is 119 Å². The van der Waals surface area contributed by atoms with Gasteiger partial charge in [-0.2, -0.15) is 0 Å². The molecule has 2 N–H and O–H groups in total. The van der Waals surface area contributed by atoms with Gasteiger partial charge in [-0.1, -0.05) is 30.3 Å². The van der Waals surface area contributed by atoms with Gasteiger partial charge < -0.3 is 9.84 Å². The Morgan fingerprint density at radius 1 is 1.29 bits per heavy atom. The zero-order valence-electron chi connectivity index (χ0n) is 10.7. The van der Waals surface area contributed by atoms with Gasteiger partial charge in [-0.3, -0.25) is 5.32 Å². The normalized spacial score (nSPS) is 9.95. The zero-order valence-corrected chi connectivity index (χ0v) is 10.7. The molecule has 0 aliphatic carbocycles. The van der Waals surface area contributed by atoms with Gasteiger partial charge in [0, 0.05) is 6.07 Å². The fourth-order valence-corrected chi connectivity index (χ4v) is 1.57. The second-order valence-corrected chi connectivity index (χ2v) is 4.04. The second-order valence-electron chi connectivity index (χ2n) is 4.04. The molecule has 0 fully saturated rings. The maximum atomic E-state index is 13.1. The Kier molecular flexibility index (Phi) is 4.45. The van der Waals surface area contributed by atoms with E-state index in [0.29, 0.717) is 0 Å². The molecule has 0 saturated carbocycles. The summed E-state index contributed by atoms with van der Waals surface area (Å²) >= 11 is 0. The smallest absolute Gasteiger partial charge is 0.412 e. The molecule has 0 aliphatic heterocycles. The zero-order chi connectivity index (χ0) is 15.2. The highest BCUT2D eigenvalue weighted by Gasteiger charge is 2.15. The minimum atomic E-state index is -1.38. The highest BCUT2D eigenvalue weighted by Crippen LogP contribution is 2.15. The Balaban J connectivity index is 2.02. The fourth-order valence-electron chi connectivity index (χ4n) is 1.57. The number of aromatic carboxylic acids is 1. The molecule has 0 aliphatic rings. The van der Waals surface area contributed by atoms with Crippen LogP contribution in [-0.2, 0) is 11.3 Å². The molecule has 0 unspecified atom stereocenters. The van der Waals surface area contributed by atoms with Crippen molar-refractivity contribution in [2.45, 2.75) is 6.61 Å². The first-order valence-corrected chi connectivity index (χ1v) is 5.93. The molecule has 2 rings (SSSR count). The Morgan fingerprint density at radius 3 is 2.67 bits per heavy atom. The second kappa shape index (κ2) is 6.47. The molecule has 108 valence electrons. The number of pyridine rings is 1. The number of anilines is 1. The summed E-state index contributed by atoms with van der Waals surface area (Å²) in [7, 11) is 0. The van der Waals surface area contributed by atoms with E-state index in [2.05, 4.69) is 10.3 Å². The number of rotatable bonds is 4. The number of carboxylic acid groups (broad SMARTS) is 1. The summed E-state index contributed by atoms with van der Waals surface area (Å²) in [5.74, 6) is -2.15. The van der Waals surface area contributed by atoms with Crippen molar-refractivity contribution < 1.29 is 23.8 Å². The van der Waals surface area contributed by atoms with Crippen molar-refractivity contribution in [3.63, 3.8) is 0 Å². The summed E-state index contributed by atoms with van der Waals surface area (Å²) in [6.07, 6.45) is -0.141. The van der Waals surface area contributed by atoms with Gasteiger partial charge in [-0.25, -0.2) is 19.0 Å². The van der Waals surface area contributed by atoms with Crippen molar-refractivity contribution in [3.05, 3.63) is 59.7 Å². The number of carbonyl (C=O) groups is 2. The van der Waals surface area contributed by atoms with Crippen LogP contribution in [0.4, 0.5) is 14.9 Å². The molecular formula is C14H11FN2O4. The van der Waals surface area contributed by atoms with E-state index in [1.807, 2.05) is 6.07 Å². The van der Waals surface area contributed by atoms with Gasteiger partial charge in [0.25, 0.3) is 0 Å². The van der Waals surface area contributed by atoms with Crippen LogP contribution >= 0.6 is 0 Å². The minimum Gasteiger partial charge on any atom is -0.476 e. The summed E-state index contributed by atoms with van der Waals surface area (Å²) in [5, 5.41) is 11.1. The van der Waals surface area contributed by atoms with Gasteiger partial charge in [0.05, 0.1) is 11.9 Å². The van der Waals surface area contributed by atoms with Crippen molar-refractivity contribution >= 4 is 17.7 Å². The summed E-state index contributed by atoms with van der Waals surface area (Å²) in [6, 6.07) is 9.78. The number of carboxylic acids is 1. The molecule has 0 radical (unpaired) electrons. The van der Waals surface area contributed by atoms with E-state index in [1.54, 1.807) is 24.3 Å². The lowest BCUT2D eigenvalue weighted by molar-refractivity contribution is 0.0691. The highest BCUT2D eigenvalue weighted by molar-refractivity contribution is 5.96. The van der Waals surface area contributed by atoms with Crippen molar-refractivity contribution in [2.24, 2.45) is 0 Å². The van der Waals surface area contributed by atoms with Crippen molar-refractivity contribution in [1.29, 1.82) is 0 Å². The van der Waals surface area contributed by atoms with E-state index in [0.717, 1.165) is 17.8 Å². The Morgan fingerprint density at radius 2 is 2.00 bits per heavy atom. The molecule has 1 amide bonds. The van der Waals surface area contributed by atoms with Crippen molar-refractivity contribution in [1.82, 2.24) is 4.98 Å². The lowest BCUT2D eigenvalue weighted by atomic mass is 10.2. The minimum absolute atomic E-state index is 0.0117. The third-order valence-corrected chi connectivity index (χ3v) is 2.51. The molecule has 1 aromatic carbocycles. The molecule has 0 saturated heterocycles. The third kappa shape index (κ3) is 4.00. The third-order valence-electron chi connectivity index (χ3n) is 2.51. The number of nitrogens with zero attached hydrogens (tertiary/aromatic N) is 1. The van der Waals surface area contributed by atoms with Crippen LogP contribution in [0.3, 0.4) is 0 Å². The van der Waals surface area contributed by atoms with Crippen LogP contribution in [0, 0.1) is 5.82 Å². The number of halogens is 1. The number of benzene rings is 1. The van der Waals surface area contributed by atoms with E-state index in [9.17, 15) is 14.0 Å². The number of ether oxygens (including phenoxy) is 1. The molecule has 6 nitrogen and oxygen atoms in total. The van der Waals surface area contributed by atoms with Crippen LogP contribution in [0.1, 0.15) is 16.1 Å². The predicted molar refractivity (Wildman–Crippen MR) is 71.4 cm³/mol. The van der Waals surface area contributed by atoms with E-state index < -0.39 is 23.6 Å². The number of nitrogens with one attached hydrogen (secondary N) is 1. The van der Waals surface area contributed by atoms with Crippen LogP contribution in [0.25, 0.3) is 0 Å². The summed E-state index contributed by atoms with van der Waals surface area (Å²) in [6.45, 7) is 0.0117. The number of hydrogen-bond donors (Lipinski definition) is 2. The van der Waals surface area contributed by atoms with Crippen LogP contribution in [0.15, 0.2) is 42.6 Å². The van der Waals surface area contributed by atoms with E-state index in [4.69, 9.17) is 9.84 Å². The van der Waals surface area contributed by atoms with E-state index >= 15 is 0 Å². The standard InChI is InChI=1S/C14H11FN2O4/c15-10-6-11(12(13(18)19)16-7-10)17-14(20)21-8-9-4-2-1-3-5-9/h1-7H,8H2,(H,17,20)(H,18,19). The topological polar surface area (TPSA) is 88.5 Å². The molecule has 1 heterocycles. The van der Waals surface area contributed by atoms with Crippen LogP contribution in [0.5, 0.6) is 0 Å². The number of aromatic nitrogens is 1. The lowest BCUT2D eigenvalue weighted by Crippen LogP contribution is -2.17. The monoisotopic (exact) mass is 290 g/mol. The SMILES string of the molecule is O=C(Nc1cc(F)cnc1C(=O)O)OCc1ccccc1.